The highest BCUT2D eigenvalue weighted by molar-refractivity contribution is 5.98. The average molecular weight is 420 g/mol. The topological polar surface area (TPSA) is 92.6 Å². The molecular formula is C24H24N2O5. The third-order valence-electron chi connectivity index (χ3n) is 6.63. The average Bonchev–Trinajstić information content (AvgIpc) is 3.08. The third kappa shape index (κ3) is 3.15. The first-order valence-corrected chi connectivity index (χ1v) is 10.6. The lowest BCUT2D eigenvalue weighted by Crippen LogP contribution is -2.50. The quantitative estimate of drug-likeness (QED) is 0.656. The number of hydrogen-bond acceptors (Lipinski definition) is 5. The summed E-state index contributed by atoms with van der Waals surface area (Å²) >= 11 is 0. The Hall–Kier alpha value is -3.35. The monoisotopic (exact) mass is 420 g/mol. The Balaban J connectivity index is 1.55. The van der Waals surface area contributed by atoms with Gasteiger partial charge in [0.1, 0.15) is 17.4 Å². The summed E-state index contributed by atoms with van der Waals surface area (Å²) in [6.45, 7) is 1.93. The molecule has 1 aliphatic carbocycles. The number of amides is 1. The minimum atomic E-state index is -0.811. The number of rotatable bonds is 3. The predicted octanol–water partition coefficient (Wildman–Crippen LogP) is 3.44. The van der Waals surface area contributed by atoms with E-state index in [1.165, 1.54) is 12.0 Å². The van der Waals surface area contributed by atoms with Gasteiger partial charge in [0.15, 0.2) is 0 Å². The van der Waals surface area contributed by atoms with Crippen LogP contribution >= 0.6 is 0 Å². The van der Waals surface area contributed by atoms with E-state index >= 15 is 0 Å². The summed E-state index contributed by atoms with van der Waals surface area (Å²) in [5, 5.41) is 1.03. The maximum Gasteiger partial charge on any atom is 0.349 e. The van der Waals surface area contributed by atoms with Gasteiger partial charge in [0.05, 0.1) is 13.7 Å². The number of H-pyrrole nitrogens is 1. The molecule has 160 valence electrons. The number of aromatic amines is 1. The first-order valence-electron chi connectivity index (χ1n) is 10.6. The number of ether oxygens (including phenoxy) is 1. The first-order chi connectivity index (χ1) is 15.0. The molecule has 1 aromatic carbocycles. The van der Waals surface area contributed by atoms with E-state index in [4.69, 9.17) is 9.15 Å². The van der Waals surface area contributed by atoms with Crippen LogP contribution in [0, 0.1) is 6.92 Å². The number of aryl methyl sites for hydroxylation is 1. The van der Waals surface area contributed by atoms with Crippen molar-refractivity contribution in [1.29, 1.82) is 0 Å². The zero-order chi connectivity index (χ0) is 21.7. The van der Waals surface area contributed by atoms with Crippen LogP contribution in [0.2, 0.25) is 0 Å². The van der Waals surface area contributed by atoms with Crippen molar-refractivity contribution in [3.63, 3.8) is 0 Å². The van der Waals surface area contributed by atoms with E-state index < -0.39 is 23.5 Å². The minimum absolute atomic E-state index is 0.0171. The molecule has 0 saturated heterocycles. The molecule has 1 amide bonds. The zero-order valence-corrected chi connectivity index (χ0v) is 17.6. The van der Waals surface area contributed by atoms with E-state index in [0.29, 0.717) is 17.7 Å². The zero-order valence-electron chi connectivity index (χ0n) is 17.6. The summed E-state index contributed by atoms with van der Waals surface area (Å²) in [5.41, 5.74) is 2.73. The van der Waals surface area contributed by atoms with Gasteiger partial charge in [0, 0.05) is 28.9 Å². The fraction of sp³-hybridized carbons (Fsp3) is 0.375. The summed E-state index contributed by atoms with van der Waals surface area (Å²) < 4.78 is 10.5. The molecule has 31 heavy (non-hydrogen) atoms. The highest BCUT2D eigenvalue weighted by Crippen LogP contribution is 2.36. The highest BCUT2D eigenvalue weighted by atomic mass is 16.5. The SMILES string of the molecule is COC(=O)[C@@H]1Cc2c([nH]c3ccccc23)CN1C(=O)c1c(C)cc(C2CCC2)oc1=O. The lowest BCUT2D eigenvalue weighted by Gasteiger charge is -2.34. The Bertz CT molecular complexity index is 1250. The second kappa shape index (κ2) is 7.41. The molecule has 3 aromatic rings. The van der Waals surface area contributed by atoms with Crippen molar-refractivity contribution in [3.8, 4) is 0 Å². The number of nitrogens with one attached hydrogen (secondary N) is 1. The number of nitrogens with zero attached hydrogens (tertiary/aromatic N) is 1. The largest absolute Gasteiger partial charge is 0.467 e. The summed E-state index contributed by atoms with van der Waals surface area (Å²) in [7, 11) is 1.31. The number of fused-ring (bicyclic) bond motifs is 3. The van der Waals surface area contributed by atoms with Crippen molar-refractivity contribution in [1.82, 2.24) is 9.88 Å². The molecule has 7 nitrogen and oxygen atoms in total. The third-order valence-corrected chi connectivity index (χ3v) is 6.63. The van der Waals surface area contributed by atoms with Crippen molar-refractivity contribution in [2.45, 2.75) is 51.1 Å². The van der Waals surface area contributed by atoms with Crippen LogP contribution in [0.1, 0.15) is 58.1 Å². The Morgan fingerprint density at radius 1 is 1.23 bits per heavy atom. The van der Waals surface area contributed by atoms with E-state index in [2.05, 4.69) is 4.98 Å². The van der Waals surface area contributed by atoms with Gasteiger partial charge in [-0.15, -0.1) is 0 Å². The molecule has 0 unspecified atom stereocenters. The van der Waals surface area contributed by atoms with Crippen LogP contribution in [-0.4, -0.2) is 34.9 Å². The van der Waals surface area contributed by atoms with Gasteiger partial charge in [-0.1, -0.05) is 24.6 Å². The Kier molecular flexibility index (Phi) is 4.68. The van der Waals surface area contributed by atoms with Gasteiger partial charge in [-0.3, -0.25) is 4.79 Å². The van der Waals surface area contributed by atoms with Crippen LogP contribution in [0.25, 0.3) is 10.9 Å². The molecular weight excluding hydrogens is 396 g/mol. The van der Waals surface area contributed by atoms with Crippen molar-refractivity contribution in [2.24, 2.45) is 0 Å². The van der Waals surface area contributed by atoms with Crippen LogP contribution in [0.3, 0.4) is 0 Å². The molecule has 1 N–H and O–H groups in total. The minimum Gasteiger partial charge on any atom is -0.467 e. The van der Waals surface area contributed by atoms with Gasteiger partial charge >= 0.3 is 11.6 Å². The standard InChI is InChI=1S/C24H24N2O5/c1-13-10-20(14-6-5-7-14)31-24(29)21(13)22(27)26-12-18-16(11-19(26)23(28)30-2)15-8-3-4-9-17(15)25-18/h3-4,8-10,14,19,25H,5-7,11-12H2,1-2H3/t19-/m0/s1. The second-order valence-electron chi connectivity index (χ2n) is 8.43. The summed E-state index contributed by atoms with van der Waals surface area (Å²) in [6, 6.07) is 8.82. The van der Waals surface area contributed by atoms with E-state index in [9.17, 15) is 14.4 Å². The van der Waals surface area contributed by atoms with Crippen LogP contribution in [-0.2, 0) is 22.5 Å². The lowest BCUT2D eigenvalue weighted by molar-refractivity contribution is -0.146. The van der Waals surface area contributed by atoms with Crippen LogP contribution in [0.15, 0.2) is 39.5 Å². The number of hydrogen-bond donors (Lipinski definition) is 1. The number of carbonyl (C=O) groups is 2. The first kappa shape index (κ1) is 19.6. The fourth-order valence-electron chi connectivity index (χ4n) is 4.70. The van der Waals surface area contributed by atoms with Gasteiger partial charge in [-0.05, 0) is 43.0 Å². The van der Waals surface area contributed by atoms with Gasteiger partial charge in [-0.25, -0.2) is 9.59 Å². The molecule has 0 bridgehead atoms. The van der Waals surface area contributed by atoms with Gasteiger partial charge in [0.2, 0.25) is 0 Å². The van der Waals surface area contributed by atoms with Crippen molar-refractivity contribution < 1.29 is 18.7 Å². The molecule has 7 heteroatoms. The Morgan fingerprint density at radius 3 is 2.68 bits per heavy atom. The molecule has 5 rings (SSSR count). The predicted molar refractivity (Wildman–Crippen MR) is 114 cm³/mol. The molecule has 3 heterocycles. The molecule has 2 aliphatic rings. The van der Waals surface area contributed by atoms with E-state index in [1.54, 1.807) is 13.0 Å². The normalized spacial score (nSPS) is 18.5. The molecule has 0 spiro atoms. The Labute approximate surface area is 179 Å². The Morgan fingerprint density at radius 2 is 2.00 bits per heavy atom. The van der Waals surface area contributed by atoms with Crippen molar-refractivity contribution in [2.75, 3.05) is 7.11 Å². The van der Waals surface area contributed by atoms with Crippen molar-refractivity contribution in [3.05, 3.63) is 68.9 Å². The number of aromatic nitrogens is 1. The maximum absolute atomic E-state index is 13.5. The number of methoxy groups -OCH3 is 1. The fourth-order valence-corrected chi connectivity index (χ4v) is 4.70. The number of esters is 1. The molecule has 0 radical (unpaired) electrons. The van der Waals surface area contributed by atoms with Crippen LogP contribution in [0.4, 0.5) is 0 Å². The molecule has 1 saturated carbocycles. The van der Waals surface area contributed by atoms with Gasteiger partial charge in [-0.2, -0.15) is 0 Å². The lowest BCUT2D eigenvalue weighted by atomic mass is 9.83. The van der Waals surface area contributed by atoms with Crippen LogP contribution in [0.5, 0.6) is 0 Å². The second-order valence-corrected chi connectivity index (χ2v) is 8.43. The van der Waals surface area contributed by atoms with E-state index in [0.717, 1.165) is 41.4 Å². The maximum atomic E-state index is 13.5. The molecule has 1 fully saturated rings. The smallest absolute Gasteiger partial charge is 0.349 e. The summed E-state index contributed by atoms with van der Waals surface area (Å²) in [6.07, 6.45) is 3.43. The highest BCUT2D eigenvalue weighted by Gasteiger charge is 2.39. The molecule has 1 aliphatic heterocycles. The van der Waals surface area contributed by atoms with E-state index in [-0.39, 0.29) is 18.0 Å². The van der Waals surface area contributed by atoms with E-state index in [1.807, 2.05) is 24.3 Å². The molecule has 2 aromatic heterocycles. The summed E-state index contributed by atoms with van der Waals surface area (Å²) in [5.74, 6) is -0.114. The number of benzene rings is 1. The molecule has 1 atom stereocenters. The summed E-state index contributed by atoms with van der Waals surface area (Å²) in [4.78, 5) is 43.7. The number of para-hydroxylation sites is 1. The number of carbonyl (C=O) groups excluding carboxylic acids is 2. The van der Waals surface area contributed by atoms with Gasteiger partial charge < -0.3 is 19.0 Å². The van der Waals surface area contributed by atoms with Crippen LogP contribution < -0.4 is 5.63 Å². The van der Waals surface area contributed by atoms with Gasteiger partial charge in [0.25, 0.3) is 5.91 Å². The van der Waals surface area contributed by atoms with Crippen molar-refractivity contribution >= 4 is 22.8 Å².